The fraction of sp³-hybridized carbons (Fsp3) is 0.688. The molecule has 2 aromatic heterocycles. The maximum atomic E-state index is 4.86. The second-order valence-corrected chi connectivity index (χ2v) is 7.66. The Morgan fingerprint density at radius 2 is 2.33 bits per heavy atom. The number of hydrogen-bond acceptors (Lipinski definition) is 4. The predicted octanol–water partition coefficient (Wildman–Crippen LogP) is 2.99. The lowest BCUT2D eigenvalue weighted by Gasteiger charge is -2.28. The zero-order valence-electron chi connectivity index (χ0n) is 12.9. The van der Waals surface area contributed by atoms with Crippen molar-refractivity contribution in [1.29, 1.82) is 0 Å². The van der Waals surface area contributed by atoms with Gasteiger partial charge in [0.05, 0.1) is 5.69 Å². The van der Waals surface area contributed by atoms with Crippen LogP contribution in [0.25, 0.3) is 4.96 Å². The van der Waals surface area contributed by atoms with Gasteiger partial charge in [0.15, 0.2) is 10.8 Å². The summed E-state index contributed by atoms with van der Waals surface area (Å²) in [6, 6.07) is 0. The molecule has 1 N–H and O–H groups in total. The van der Waals surface area contributed by atoms with Crippen LogP contribution in [0, 0.1) is 17.8 Å². The second kappa shape index (κ2) is 5.29. The lowest BCUT2D eigenvalue weighted by Crippen LogP contribution is -2.30. The molecule has 2 aromatic rings. The maximum Gasteiger partial charge on any atom is 0.195 e. The quantitative estimate of drug-likeness (QED) is 0.922. The van der Waals surface area contributed by atoms with Crippen molar-refractivity contribution in [2.45, 2.75) is 32.2 Å². The Kier molecular flexibility index (Phi) is 3.42. The van der Waals surface area contributed by atoms with Crippen LogP contribution in [0.4, 0.5) is 5.82 Å². The summed E-state index contributed by atoms with van der Waals surface area (Å²) in [6.45, 7) is 2.04. The molecule has 0 saturated heterocycles. The number of nitrogens with zero attached hydrogens (tertiary/aromatic N) is 3. The Balaban J connectivity index is 1.57. The van der Waals surface area contributed by atoms with E-state index in [1.54, 1.807) is 11.3 Å². The lowest BCUT2D eigenvalue weighted by molar-refractivity contribution is 0.337. The number of aromatic nitrogens is 2. The fourth-order valence-corrected chi connectivity index (χ4v) is 5.22. The molecule has 0 amide bonds. The molecule has 21 heavy (non-hydrogen) atoms. The first kappa shape index (κ1) is 13.6. The summed E-state index contributed by atoms with van der Waals surface area (Å²) in [6.07, 6.45) is 8.01. The van der Waals surface area contributed by atoms with Crippen molar-refractivity contribution in [2.24, 2.45) is 17.8 Å². The third kappa shape index (κ3) is 2.27. The molecule has 0 aromatic carbocycles. The van der Waals surface area contributed by atoms with Gasteiger partial charge >= 0.3 is 0 Å². The van der Waals surface area contributed by atoms with Crippen molar-refractivity contribution >= 4 is 22.1 Å². The molecule has 114 valence electrons. The minimum Gasteiger partial charge on any atom is -0.358 e. The van der Waals surface area contributed by atoms with Gasteiger partial charge in [-0.1, -0.05) is 6.42 Å². The highest BCUT2D eigenvalue weighted by Gasteiger charge is 2.40. The van der Waals surface area contributed by atoms with Gasteiger partial charge in [-0.05, 0) is 44.1 Å². The highest BCUT2D eigenvalue weighted by molar-refractivity contribution is 7.15. The van der Waals surface area contributed by atoms with E-state index in [-0.39, 0.29) is 0 Å². The minimum absolute atomic E-state index is 0.869. The number of anilines is 1. The Morgan fingerprint density at radius 3 is 3.05 bits per heavy atom. The van der Waals surface area contributed by atoms with Crippen LogP contribution in [0.1, 0.15) is 31.4 Å². The van der Waals surface area contributed by atoms with Crippen molar-refractivity contribution < 1.29 is 0 Å². The zero-order valence-corrected chi connectivity index (χ0v) is 13.7. The smallest absolute Gasteiger partial charge is 0.195 e. The van der Waals surface area contributed by atoms with Crippen molar-refractivity contribution in [1.82, 2.24) is 14.7 Å². The molecule has 3 unspecified atom stereocenters. The van der Waals surface area contributed by atoms with Crippen molar-refractivity contribution in [3.8, 4) is 0 Å². The van der Waals surface area contributed by atoms with Crippen molar-refractivity contribution in [2.75, 3.05) is 25.5 Å². The first-order valence-electron chi connectivity index (χ1n) is 8.06. The molecule has 2 saturated carbocycles. The molecule has 4 nitrogen and oxygen atoms in total. The molecule has 2 fully saturated rings. The maximum absolute atomic E-state index is 4.86. The van der Waals surface area contributed by atoms with Gasteiger partial charge in [-0.25, -0.2) is 4.98 Å². The molecule has 3 atom stereocenters. The van der Waals surface area contributed by atoms with Crippen LogP contribution in [0.3, 0.4) is 0 Å². The fourth-order valence-electron chi connectivity index (χ4n) is 4.50. The number of fused-ring (bicyclic) bond motifs is 3. The molecule has 2 bridgehead atoms. The van der Waals surface area contributed by atoms with Crippen LogP contribution in [-0.4, -0.2) is 30.0 Å². The van der Waals surface area contributed by atoms with E-state index in [9.17, 15) is 0 Å². The molecule has 0 radical (unpaired) electrons. The van der Waals surface area contributed by atoms with E-state index < -0.39 is 0 Å². The molecule has 0 aliphatic heterocycles. The number of nitrogens with one attached hydrogen (secondary N) is 1. The Labute approximate surface area is 130 Å². The monoisotopic (exact) mass is 304 g/mol. The average molecular weight is 304 g/mol. The van der Waals surface area contributed by atoms with Crippen molar-refractivity contribution in [3.05, 3.63) is 17.3 Å². The van der Waals surface area contributed by atoms with Crippen LogP contribution in [0.2, 0.25) is 0 Å². The third-order valence-electron chi connectivity index (χ3n) is 5.44. The normalized spacial score (nSPS) is 27.8. The summed E-state index contributed by atoms with van der Waals surface area (Å²) >= 11 is 1.72. The molecule has 4 rings (SSSR count). The van der Waals surface area contributed by atoms with Gasteiger partial charge in [-0.15, -0.1) is 11.3 Å². The van der Waals surface area contributed by atoms with E-state index in [0.717, 1.165) is 29.3 Å². The van der Waals surface area contributed by atoms with E-state index in [1.807, 2.05) is 7.05 Å². The summed E-state index contributed by atoms with van der Waals surface area (Å²) in [5, 5.41) is 5.40. The molecule has 0 spiro atoms. The summed E-state index contributed by atoms with van der Waals surface area (Å²) in [5.41, 5.74) is 1.29. The molecule has 2 heterocycles. The van der Waals surface area contributed by atoms with E-state index in [2.05, 4.69) is 33.2 Å². The Hall–Kier alpha value is -1.07. The van der Waals surface area contributed by atoms with Crippen LogP contribution < -0.4 is 10.2 Å². The summed E-state index contributed by atoms with van der Waals surface area (Å²) in [5.74, 6) is 4.06. The first-order valence-corrected chi connectivity index (χ1v) is 8.94. The SMILES string of the molecule is CNCc1c(N(C)CC2CC3CCC2C3)nc2sccn12. The van der Waals surface area contributed by atoms with Crippen LogP contribution in [0.15, 0.2) is 11.6 Å². The molecule has 5 heteroatoms. The Bertz CT molecular complexity index is 631. The van der Waals surface area contributed by atoms with E-state index in [4.69, 9.17) is 4.98 Å². The van der Waals surface area contributed by atoms with Gasteiger partial charge in [0.25, 0.3) is 0 Å². The lowest BCUT2D eigenvalue weighted by atomic mass is 9.88. The molecule has 2 aliphatic rings. The standard InChI is InChI=1S/C16H24N4S/c1-17-9-14-15(18-16-20(14)5-6-21-16)19(2)10-13-8-11-3-4-12(13)7-11/h5-6,11-13,17H,3-4,7-10H2,1-2H3. The van der Waals surface area contributed by atoms with Gasteiger partial charge in [0.1, 0.15) is 0 Å². The zero-order chi connectivity index (χ0) is 14.4. The van der Waals surface area contributed by atoms with E-state index >= 15 is 0 Å². The van der Waals surface area contributed by atoms with Gasteiger partial charge in [-0.3, -0.25) is 4.40 Å². The Morgan fingerprint density at radius 1 is 1.43 bits per heavy atom. The predicted molar refractivity (Wildman–Crippen MR) is 88.0 cm³/mol. The highest BCUT2D eigenvalue weighted by Crippen LogP contribution is 2.48. The number of imidazole rings is 1. The average Bonchev–Trinajstić information content (AvgIpc) is 3.19. The largest absolute Gasteiger partial charge is 0.358 e. The summed E-state index contributed by atoms with van der Waals surface area (Å²) < 4.78 is 2.23. The van der Waals surface area contributed by atoms with E-state index in [1.165, 1.54) is 43.7 Å². The first-order chi connectivity index (χ1) is 10.3. The van der Waals surface area contributed by atoms with Gasteiger partial charge < -0.3 is 10.2 Å². The molecular formula is C16H24N4S. The number of hydrogen-bond donors (Lipinski definition) is 1. The van der Waals surface area contributed by atoms with Gasteiger partial charge in [0.2, 0.25) is 0 Å². The number of thiazole rings is 1. The third-order valence-corrected chi connectivity index (χ3v) is 6.20. The topological polar surface area (TPSA) is 32.6 Å². The molecule has 2 aliphatic carbocycles. The number of rotatable bonds is 5. The summed E-state index contributed by atoms with van der Waals surface area (Å²) in [4.78, 5) is 8.37. The van der Waals surface area contributed by atoms with E-state index in [0.29, 0.717) is 0 Å². The van der Waals surface area contributed by atoms with Crippen LogP contribution in [0.5, 0.6) is 0 Å². The van der Waals surface area contributed by atoms with Crippen LogP contribution in [-0.2, 0) is 6.54 Å². The highest BCUT2D eigenvalue weighted by atomic mass is 32.1. The minimum atomic E-state index is 0.869. The van der Waals surface area contributed by atoms with Gasteiger partial charge in [-0.2, -0.15) is 0 Å². The summed E-state index contributed by atoms with van der Waals surface area (Å²) in [7, 11) is 4.23. The molecular weight excluding hydrogens is 280 g/mol. The second-order valence-electron chi connectivity index (χ2n) is 6.78. The van der Waals surface area contributed by atoms with Crippen LogP contribution >= 0.6 is 11.3 Å². The van der Waals surface area contributed by atoms with Crippen molar-refractivity contribution in [3.63, 3.8) is 0 Å². The van der Waals surface area contributed by atoms with Gasteiger partial charge in [0, 0.05) is 31.7 Å².